The van der Waals surface area contributed by atoms with E-state index in [1.54, 1.807) is 12.1 Å². The van der Waals surface area contributed by atoms with Crippen LogP contribution in [0, 0.1) is 5.82 Å². The summed E-state index contributed by atoms with van der Waals surface area (Å²) in [5.41, 5.74) is 0.619. The lowest BCUT2D eigenvalue weighted by Crippen LogP contribution is -2.14. The average molecular weight is 277 g/mol. The lowest BCUT2D eigenvalue weighted by molar-refractivity contribution is 0.0594. The zero-order valence-corrected chi connectivity index (χ0v) is 10.1. The molecule has 2 nitrogen and oxygen atoms in total. The second-order valence-corrected chi connectivity index (χ2v) is 4.30. The molecule has 0 aliphatic carbocycles. The summed E-state index contributed by atoms with van der Waals surface area (Å²) in [7, 11) is 1.53. The van der Waals surface area contributed by atoms with Crippen LogP contribution in [-0.2, 0) is 11.2 Å². The lowest BCUT2D eigenvalue weighted by Gasteiger charge is -2.09. The largest absolute Gasteiger partial charge is 0.391 e. The minimum Gasteiger partial charge on any atom is -0.391 e. The molecular formula is C11H14BrFO2. The molecule has 1 aromatic carbocycles. The summed E-state index contributed by atoms with van der Waals surface area (Å²) in [4.78, 5) is 0. The molecule has 84 valence electrons. The third-order valence-corrected chi connectivity index (χ3v) is 2.61. The smallest absolute Gasteiger partial charge is 0.127 e. The Morgan fingerprint density at radius 3 is 2.87 bits per heavy atom. The number of aliphatic hydroxyl groups excluding tert-OH is 1. The zero-order chi connectivity index (χ0) is 11.3. The van der Waals surface area contributed by atoms with Crippen LogP contribution in [0.25, 0.3) is 0 Å². The Morgan fingerprint density at radius 2 is 2.27 bits per heavy atom. The van der Waals surface area contributed by atoms with Gasteiger partial charge in [0.2, 0.25) is 0 Å². The van der Waals surface area contributed by atoms with Gasteiger partial charge in [-0.2, -0.15) is 0 Å². The fourth-order valence-electron chi connectivity index (χ4n) is 1.32. The van der Waals surface area contributed by atoms with Crippen molar-refractivity contribution < 1.29 is 14.2 Å². The van der Waals surface area contributed by atoms with Gasteiger partial charge < -0.3 is 9.84 Å². The van der Waals surface area contributed by atoms with Gasteiger partial charge in [-0.3, -0.25) is 0 Å². The first kappa shape index (κ1) is 12.6. The maximum absolute atomic E-state index is 13.3. The van der Waals surface area contributed by atoms with Crippen LogP contribution in [-0.4, -0.2) is 24.9 Å². The molecule has 0 fully saturated rings. The van der Waals surface area contributed by atoms with Crippen LogP contribution in [0.15, 0.2) is 22.7 Å². The Morgan fingerprint density at radius 1 is 1.53 bits per heavy atom. The number of aliphatic hydroxyl groups is 1. The van der Waals surface area contributed by atoms with Crippen molar-refractivity contribution in [1.82, 2.24) is 0 Å². The highest BCUT2D eigenvalue weighted by molar-refractivity contribution is 9.10. The molecule has 1 aromatic rings. The number of ether oxygens (including phenoxy) is 1. The van der Waals surface area contributed by atoms with Crippen molar-refractivity contribution >= 4 is 15.9 Å². The van der Waals surface area contributed by atoms with Gasteiger partial charge in [0.05, 0.1) is 12.7 Å². The Hall–Kier alpha value is -0.450. The lowest BCUT2D eigenvalue weighted by atomic mass is 10.1. The van der Waals surface area contributed by atoms with Crippen LogP contribution in [0.5, 0.6) is 0 Å². The predicted molar refractivity (Wildman–Crippen MR) is 60.3 cm³/mol. The van der Waals surface area contributed by atoms with Crippen molar-refractivity contribution in [2.45, 2.75) is 18.9 Å². The van der Waals surface area contributed by atoms with Crippen LogP contribution in [0.2, 0.25) is 0 Å². The summed E-state index contributed by atoms with van der Waals surface area (Å²) >= 11 is 3.19. The number of benzene rings is 1. The summed E-state index contributed by atoms with van der Waals surface area (Å²) < 4.78 is 18.9. The van der Waals surface area contributed by atoms with E-state index in [4.69, 9.17) is 4.74 Å². The second kappa shape index (κ2) is 6.20. The molecule has 15 heavy (non-hydrogen) atoms. The minimum atomic E-state index is -0.530. The molecule has 1 atom stereocenters. The van der Waals surface area contributed by atoms with Crippen molar-refractivity contribution in [2.24, 2.45) is 0 Å². The molecule has 0 aliphatic rings. The van der Waals surface area contributed by atoms with Crippen LogP contribution in [0.1, 0.15) is 12.0 Å². The van der Waals surface area contributed by atoms with Crippen molar-refractivity contribution in [2.75, 3.05) is 13.7 Å². The topological polar surface area (TPSA) is 29.5 Å². The molecule has 1 N–H and O–H groups in total. The first-order valence-corrected chi connectivity index (χ1v) is 5.53. The molecule has 1 unspecified atom stereocenters. The first-order valence-electron chi connectivity index (χ1n) is 4.74. The highest BCUT2D eigenvalue weighted by Crippen LogP contribution is 2.17. The summed E-state index contributed by atoms with van der Waals surface area (Å²) in [6.07, 6.45) is 0.494. The molecule has 0 saturated carbocycles. The van der Waals surface area contributed by atoms with Crippen molar-refractivity contribution in [1.29, 1.82) is 0 Å². The second-order valence-electron chi connectivity index (χ2n) is 3.38. The van der Waals surface area contributed by atoms with E-state index in [-0.39, 0.29) is 12.4 Å². The van der Waals surface area contributed by atoms with E-state index in [9.17, 15) is 9.50 Å². The molecular weight excluding hydrogens is 263 g/mol. The van der Waals surface area contributed by atoms with Gasteiger partial charge in [-0.1, -0.05) is 22.0 Å². The molecule has 0 amide bonds. The van der Waals surface area contributed by atoms with Crippen molar-refractivity contribution in [3.05, 3.63) is 34.1 Å². The first-order chi connectivity index (χ1) is 7.13. The van der Waals surface area contributed by atoms with Gasteiger partial charge in [0, 0.05) is 11.6 Å². The molecule has 0 spiro atoms. The molecule has 0 saturated heterocycles. The van der Waals surface area contributed by atoms with Gasteiger partial charge in [-0.15, -0.1) is 0 Å². The fourth-order valence-corrected chi connectivity index (χ4v) is 1.66. The molecule has 4 heteroatoms. The number of hydrogen-bond donors (Lipinski definition) is 1. The summed E-state index contributed by atoms with van der Waals surface area (Å²) in [6.45, 7) is 0.290. The van der Waals surface area contributed by atoms with E-state index < -0.39 is 6.10 Å². The number of halogens is 2. The van der Waals surface area contributed by atoms with E-state index in [1.807, 2.05) is 0 Å². The van der Waals surface area contributed by atoms with Crippen LogP contribution < -0.4 is 0 Å². The summed E-state index contributed by atoms with van der Waals surface area (Å²) in [6, 6.07) is 4.94. The Kier molecular flexibility index (Phi) is 5.22. The molecule has 0 heterocycles. The Labute approximate surface area is 97.2 Å². The maximum atomic E-state index is 13.3. The molecule has 0 radical (unpaired) electrons. The Balaban J connectivity index is 2.50. The summed E-state index contributed by atoms with van der Waals surface area (Å²) in [5, 5.41) is 9.40. The van der Waals surface area contributed by atoms with Crippen molar-refractivity contribution in [3.8, 4) is 0 Å². The van der Waals surface area contributed by atoms with E-state index in [0.717, 1.165) is 4.47 Å². The third kappa shape index (κ3) is 4.28. The average Bonchev–Trinajstić information content (AvgIpc) is 2.17. The van der Waals surface area contributed by atoms with Gasteiger partial charge >= 0.3 is 0 Å². The third-order valence-electron chi connectivity index (χ3n) is 2.12. The number of rotatable bonds is 5. The number of aryl methyl sites for hydroxylation is 1. The zero-order valence-electron chi connectivity index (χ0n) is 8.54. The van der Waals surface area contributed by atoms with Gasteiger partial charge in [-0.05, 0) is 30.5 Å². The SMILES string of the molecule is COCC(O)CCc1ccc(Br)cc1F. The van der Waals surface area contributed by atoms with Gasteiger partial charge in [0.25, 0.3) is 0 Å². The molecule has 1 rings (SSSR count). The quantitative estimate of drug-likeness (QED) is 0.896. The molecule has 0 aromatic heterocycles. The highest BCUT2D eigenvalue weighted by Gasteiger charge is 2.07. The van der Waals surface area contributed by atoms with E-state index >= 15 is 0 Å². The van der Waals surface area contributed by atoms with Crippen LogP contribution in [0.3, 0.4) is 0 Å². The fraction of sp³-hybridized carbons (Fsp3) is 0.455. The van der Waals surface area contributed by atoms with Crippen molar-refractivity contribution in [3.63, 3.8) is 0 Å². The van der Waals surface area contributed by atoms with Crippen LogP contribution in [0.4, 0.5) is 4.39 Å². The monoisotopic (exact) mass is 276 g/mol. The molecule has 0 aliphatic heterocycles. The van der Waals surface area contributed by atoms with Crippen LogP contribution >= 0.6 is 15.9 Å². The normalized spacial score (nSPS) is 12.8. The van der Waals surface area contributed by atoms with Gasteiger partial charge in [0.15, 0.2) is 0 Å². The Bertz CT molecular complexity index is 317. The minimum absolute atomic E-state index is 0.242. The summed E-state index contributed by atoms with van der Waals surface area (Å²) in [5.74, 6) is -0.242. The van der Waals surface area contributed by atoms with E-state index in [0.29, 0.717) is 18.4 Å². The standard InChI is InChI=1S/C11H14BrFO2/c1-15-7-10(14)5-3-8-2-4-9(12)6-11(8)13/h2,4,6,10,14H,3,5,7H2,1H3. The van der Waals surface area contributed by atoms with Gasteiger partial charge in [-0.25, -0.2) is 4.39 Å². The molecule has 0 bridgehead atoms. The number of methoxy groups -OCH3 is 1. The number of hydrogen-bond acceptors (Lipinski definition) is 2. The highest BCUT2D eigenvalue weighted by atomic mass is 79.9. The van der Waals surface area contributed by atoms with Gasteiger partial charge in [0.1, 0.15) is 5.82 Å². The van der Waals surface area contributed by atoms with E-state index in [2.05, 4.69) is 15.9 Å². The predicted octanol–water partition coefficient (Wildman–Crippen LogP) is 2.53. The maximum Gasteiger partial charge on any atom is 0.127 e. The van der Waals surface area contributed by atoms with E-state index in [1.165, 1.54) is 13.2 Å².